The van der Waals surface area contributed by atoms with E-state index in [1.165, 1.54) is 5.56 Å². The van der Waals surface area contributed by atoms with Gasteiger partial charge < -0.3 is 10.6 Å². The van der Waals surface area contributed by atoms with Crippen LogP contribution in [0.1, 0.15) is 32.3 Å². The smallest absolute Gasteiger partial charge is 0.224 e. The predicted molar refractivity (Wildman–Crippen MR) is 93.2 cm³/mol. The summed E-state index contributed by atoms with van der Waals surface area (Å²) >= 11 is 0. The SMILES string of the molecule is CCC(C)Nc1ccc(NC(=O)CCc2ccccc2)cc1. The van der Waals surface area contributed by atoms with Crippen LogP contribution in [-0.4, -0.2) is 11.9 Å². The molecule has 3 heteroatoms. The number of hydrogen-bond donors (Lipinski definition) is 2. The molecular weight excluding hydrogens is 272 g/mol. The van der Waals surface area contributed by atoms with E-state index in [0.717, 1.165) is 24.2 Å². The third-order valence-corrected chi connectivity index (χ3v) is 3.68. The quantitative estimate of drug-likeness (QED) is 0.791. The highest BCUT2D eigenvalue weighted by molar-refractivity contribution is 5.91. The summed E-state index contributed by atoms with van der Waals surface area (Å²) in [5.41, 5.74) is 3.11. The fraction of sp³-hybridized carbons (Fsp3) is 0.316. The second kappa shape index (κ2) is 8.23. The number of hydrogen-bond acceptors (Lipinski definition) is 2. The maximum atomic E-state index is 12.0. The number of anilines is 2. The molecule has 2 N–H and O–H groups in total. The molecule has 0 aromatic heterocycles. The van der Waals surface area contributed by atoms with Crippen LogP contribution in [0.2, 0.25) is 0 Å². The van der Waals surface area contributed by atoms with Gasteiger partial charge in [0.15, 0.2) is 0 Å². The lowest BCUT2D eigenvalue weighted by Crippen LogP contribution is -2.14. The summed E-state index contributed by atoms with van der Waals surface area (Å²) < 4.78 is 0. The maximum absolute atomic E-state index is 12.0. The van der Waals surface area contributed by atoms with Gasteiger partial charge in [-0.05, 0) is 49.6 Å². The standard InChI is InChI=1S/C19H24N2O/c1-3-15(2)20-17-10-12-18(13-11-17)21-19(22)14-9-16-7-5-4-6-8-16/h4-8,10-13,15,20H,3,9,14H2,1-2H3,(H,21,22). The van der Waals surface area contributed by atoms with Crippen LogP contribution in [0.5, 0.6) is 0 Å². The number of rotatable bonds is 7. The van der Waals surface area contributed by atoms with Crippen LogP contribution in [0.3, 0.4) is 0 Å². The second-order valence-corrected chi connectivity index (χ2v) is 5.56. The van der Waals surface area contributed by atoms with E-state index in [1.54, 1.807) is 0 Å². The summed E-state index contributed by atoms with van der Waals surface area (Å²) in [6.45, 7) is 4.30. The Hall–Kier alpha value is -2.29. The molecule has 0 fully saturated rings. The Labute approximate surface area is 132 Å². The van der Waals surface area contributed by atoms with E-state index in [4.69, 9.17) is 0 Å². The van der Waals surface area contributed by atoms with Crippen molar-refractivity contribution in [1.29, 1.82) is 0 Å². The molecule has 0 heterocycles. The molecule has 0 aliphatic heterocycles. The molecule has 2 rings (SSSR count). The van der Waals surface area contributed by atoms with Gasteiger partial charge in [-0.1, -0.05) is 37.3 Å². The Balaban J connectivity index is 1.81. The van der Waals surface area contributed by atoms with Crippen LogP contribution >= 0.6 is 0 Å². The van der Waals surface area contributed by atoms with E-state index >= 15 is 0 Å². The first-order chi connectivity index (χ1) is 10.7. The van der Waals surface area contributed by atoms with Gasteiger partial charge >= 0.3 is 0 Å². The molecule has 0 saturated heterocycles. The summed E-state index contributed by atoms with van der Waals surface area (Å²) in [5, 5.41) is 6.35. The first kappa shape index (κ1) is 16.1. The summed E-state index contributed by atoms with van der Waals surface area (Å²) in [4.78, 5) is 12.0. The Morgan fingerprint density at radius 2 is 1.64 bits per heavy atom. The van der Waals surface area contributed by atoms with Crippen molar-refractivity contribution in [1.82, 2.24) is 0 Å². The molecule has 116 valence electrons. The van der Waals surface area contributed by atoms with Gasteiger partial charge in [0.2, 0.25) is 5.91 Å². The van der Waals surface area contributed by atoms with E-state index in [0.29, 0.717) is 12.5 Å². The summed E-state index contributed by atoms with van der Waals surface area (Å²) in [7, 11) is 0. The molecule has 0 spiro atoms. The van der Waals surface area contributed by atoms with Gasteiger partial charge in [0.05, 0.1) is 0 Å². The number of aryl methyl sites for hydroxylation is 1. The van der Waals surface area contributed by atoms with E-state index in [1.807, 2.05) is 54.6 Å². The van der Waals surface area contributed by atoms with Gasteiger partial charge in [-0.3, -0.25) is 4.79 Å². The number of benzene rings is 2. The van der Waals surface area contributed by atoms with E-state index < -0.39 is 0 Å². The number of nitrogens with one attached hydrogen (secondary N) is 2. The van der Waals surface area contributed by atoms with Gasteiger partial charge in [0, 0.05) is 23.8 Å². The van der Waals surface area contributed by atoms with Gasteiger partial charge in [-0.25, -0.2) is 0 Å². The molecule has 3 nitrogen and oxygen atoms in total. The van der Waals surface area contributed by atoms with Crippen LogP contribution in [0.25, 0.3) is 0 Å². The van der Waals surface area contributed by atoms with Crippen molar-refractivity contribution in [3.8, 4) is 0 Å². The molecule has 0 radical (unpaired) electrons. The first-order valence-corrected chi connectivity index (χ1v) is 7.87. The second-order valence-electron chi connectivity index (χ2n) is 5.56. The fourth-order valence-corrected chi connectivity index (χ4v) is 2.16. The van der Waals surface area contributed by atoms with Crippen molar-refractivity contribution in [2.24, 2.45) is 0 Å². The largest absolute Gasteiger partial charge is 0.383 e. The zero-order valence-electron chi connectivity index (χ0n) is 13.3. The Bertz CT molecular complexity index is 578. The predicted octanol–water partition coefficient (Wildman–Crippen LogP) is 4.47. The maximum Gasteiger partial charge on any atom is 0.224 e. The Morgan fingerprint density at radius 1 is 1.00 bits per heavy atom. The molecule has 22 heavy (non-hydrogen) atoms. The lowest BCUT2D eigenvalue weighted by atomic mass is 10.1. The van der Waals surface area contributed by atoms with E-state index in [2.05, 4.69) is 24.5 Å². The molecule has 1 atom stereocenters. The average molecular weight is 296 g/mol. The van der Waals surface area contributed by atoms with Crippen molar-refractivity contribution >= 4 is 17.3 Å². The number of amides is 1. The molecule has 0 saturated carbocycles. The lowest BCUT2D eigenvalue weighted by molar-refractivity contribution is -0.116. The highest BCUT2D eigenvalue weighted by Crippen LogP contribution is 2.15. The van der Waals surface area contributed by atoms with Crippen LogP contribution < -0.4 is 10.6 Å². The molecule has 2 aromatic carbocycles. The molecule has 0 aliphatic carbocycles. The summed E-state index contributed by atoms with van der Waals surface area (Å²) in [5.74, 6) is 0.0477. The van der Waals surface area contributed by atoms with Crippen LogP contribution in [0.15, 0.2) is 54.6 Å². The highest BCUT2D eigenvalue weighted by Gasteiger charge is 2.04. The van der Waals surface area contributed by atoms with Crippen molar-refractivity contribution in [2.45, 2.75) is 39.2 Å². The fourth-order valence-electron chi connectivity index (χ4n) is 2.16. The van der Waals surface area contributed by atoms with Gasteiger partial charge in [-0.15, -0.1) is 0 Å². The third kappa shape index (κ3) is 5.24. The Kier molecular flexibility index (Phi) is 6.01. The number of carbonyl (C=O) groups is 1. The molecular formula is C19H24N2O. The van der Waals surface area contributed by atoms with Gasteiger partial charge in [-0.2, -0.15) is 0 Å². The Morgan fingerprint density at radius 3 is 2.27 bits per heavy atom. The van der Waals surface area contributed by atoms with Crippen molar-refractivity contribution < 1.29 is 4.79 Å². The summed E-state index contributed by atoms with van der Waals surface area (Å²) in [6, 6.07) is 18.4. The molecule has 1 unspecified atom stereocenters. The minimum Gasteiger partial charge on any atom is -0.383 e. The van der Waals surface area contributed by atoms with Crippen molar-refractivity contribution in [3.05, 3.63) is 60.2 Å². The zero-order valence-corrected chi connectivity index (χ0v) is 13.3. The number of carbonyl (C=O) groups excluding carboxylic acids is 1. The van der Waals surface area contributed by atoms with Gasteiger partial charge in [0.25, 0.3) is 0 Å². The summed E-state index contributed by atoms with van der Waals surface area (Å²) in [6.07, 6.45) is 2.34. The lowest BCUT2D eigenvalue weighted by Gasteiger charge is -2.13. The van der Waals surface area contributed by atoms with Crippen LogP contribution in [-0.2, 0) is 11.2 Å². The minimum absolute atomic E-state index is 0.0477. The first-order valence-electron chi connectivity index (χ1n) is 7.87. The van der Waals surface area contributed by atoms with E-state index in [9.17, 15) is 4.79 Å². The zero-order chi connectivity index (χ0) is 15.8. The highest BCUT2D eigenvalue weighted by atomic mass is 16.1. The molecule has 2 aromatic rings. The molecule has 0 bridgehead atoms. The third-order valence-electron chi connectivity index (χ3n) is 3.68. The monoisotopic (exact) mass is 296 g/mol. The topological polar surface area (TPSA) is 41.1 Å². The average Bonchev–Trinajstić information content (AvgIpc) is 2.55. The van der Waals surface area contributed by atoms with Crippen LogP contribution in [0.4, 0.5) is 11.4 Å². The van der Waals surface area contributed by atoms with E-state index in [-0.39, 0.29) is 5.91 Å². The van der Waals surface area contributed by atoms with Gasteiger partial charge in [0.1, 0.15) is 0 Å². The minimum atomic E-state index is 0.0477. The molecule has 0 aliphatic rings. The van der Waals surface area contributed by atoms with Crippen molar-refractivity contribution in [2.75, 3.05) is 10.6 Å². The molecule has 1 amide bonds. The normalized spacial score (nSPS) is 11.7. The van der Waals surface area contributed by atoms with Crippen LogP contribution in [0, 0.1) is 0 Å². The van der Waals surface area contributed by atoms with Crippen molar-refractivity contribution in [3.63, 3.8) is 0 Å².